The third-order valence-electron chi connectivity index (χ3n) is 1.49. The van der Waals surface area contributed by atoms with Gasteiger partial charge in [0.25, 0.3) is 0 Å². The fourth-order valence-corrected chi connectivity index (χ4v) is 1.12. The number of benzene rings is 1. The van der Waals surface area contributed by atoms with Crippen LogP contribution in [-0.2, 0) is 0 Å². The molecule has 68 valence electrons. The SMILES string of the molecule is O=Cc1cc(Cl)c(F)c(B(O)O)c1. The average Bonchev–Trinajstić information content (AvgIpc) is 2.09. The summed E-state index contributed by atoms with van der Waals surface area (Å²) in [5, 5.41) is 17.1. The maximum absolute atomic E-state index is 13.0. The van der Waals surface area contributed by atoms with Crippen molar-refractivity contribution < 1.29 is 19.2 Å². The standard InChI is InChI=1S/C7H5BClFO3/c9-6-2-4(3-11)1-5(7(6)10)8(12)13/h1-3,12-13H. The van der Waals surface area contributed by atoms with Crippen LogP contribution in [0.1, 0.15) is 10.4 Å². The van der Waals surface area contributed by atoms with E-state index < -0.39 is 18.4 Å². The van der Waals surface area contributed by atoms with Crippen molar-refractivity contribution in [3.63, 3.8) is 0 Å². The zero-order chi connectivity index (χ0) is 10.0. The largest absolute Gasteiger partial charge is 0.491 e. The van der Waals surface area contributed by atoms with Gasteiger partial charge in [0.05, 0.1) is 5.02 Å². The fourth-order valence-electron chi connectivity index (χ4n) is 0.888. The summed E-state index contributed by atoms with van der Waals surface area (Å²) in [5.41, 5.74) is -0.316. The fraction of sp³-hybridized carbons (Fsp3) is 0. The van der Waals surface area contributed by atoms with Crippen LogP contribution >= 0.6 is 11.6 Å². The molecule has 0 saturated heterocycles. The number of halogens is 2. The summed E-state index contributed by atoms with van der Waals surface area (Å²) in [7, 11) is -1.97. The molecule has 0 aromatic heterocycles. The molecule has 1 aromatic rings. The van der Waals surface area contributed by atoms with Crippen molar-refractivity contribution in [2.75, 3.05) is 0 Å². The Bertz CT molecular complexity index is 343. The molecule has 6 heteroatoms. The van der Waals surface area contributed by atoms with Crippen molar-refractivity contribution in [3.05, 3.63) is 28.5 Å². The van der Waals surface area contributed by atoms with Gasteiger partial charge in [-0.3, -0.25) is 4.79 Å². The van der Waals surface area contributed by atoms with E-state index in [9.17, 15) is 9.18 Å². The molecule has 1 rings (SSSR count). The third-order valence-corrected chi connectivity index (χ3v) is 1.77. The molecule has 0 fully saturated rings. The first-order valence-corrected chi connectivity index (χ1v) is 3.74. The van der Waals surface area contributed by atoms with E-state index in [1.807, 2.05) is 0 Å². The molecule has 2 N–H and O–H groups in total. The van der Waals surface area contributed by atoms with Gasteiger partial charge in [0, 0.05) is 11.0 Å². The molecule has 1 aromatic carbocycles. The molecule has 0 spiro atoms. The van der Waals surface area contributed by atoms with Crippen molar-refractivity contribution >= 4 is 30.5 Å². The molecule has 13 heavy (non-hydrogen) atoms. The number of aldehydes is 1. The molecule has 0 radical (unpaired) electrons. The highest BCUT2D eigenvalue weighted by atomic mass is 35.5. The molecular formula is C7H5BClFO3. The van der Waals surface area contributed by atoms with Crippen LogP contribution in [0.25, 0.3) is 0 Å². The second-order valence-electron chi connectivity index (χ2n) is 2.40. The van der Waals surface area contributed by atoms with Crippen molar-refractivity contribution in [2.45, 2.75) is 0 Å². The minimum Gasteiger partial charge on any atom is -0.423 e. The van der Waals surface area contributed by atoms with E-state index in [1.165, 1.54) is 0 Å². The van der Waals surface area contributed by atoms with Crippen LogP contribution in [0, 0.1) is 5.82 Å². The predicted molar refractivity (Wildman–Crippen MR) is 46.6 cm³/mol. The van der Waals surface area contributed by atoms with E-state index in [-0.39, 0.29) is 10.6 Å². The van der Waals surface area contributed by atoms with E-state index in [0.29, 0.717) is 6.29 Å². The molecule has 0 saturated carbocycles. The van der Waals surface area contributed by atoms with Gasteiger partial charge in [-0.25, -0.2) is 4.39 Å². The van der Waals surface area contributed by atoms with Crippen LogP contribution in [0.2, 0.25) is 5.02 Å². The summed E-state index contributed by atoms with van der Waals surface area (Å²) in [5.74, 6) is -0.928. The molecule has 0 amide bonds. The summed E-state index contributed by atoms with van der Waals surface area (Å²) >= 11 is 5.39. The lowest BCUT2D eigenvalue weighted by Crippen LogP contribution is -2.33. The molecule has 0 unspecified atom stereocenters. The monoisotopic (exact) mass is 202 g/mol. The molecule has 0 aliphatic heterocycles. The summed E-state index contributed by atoms with van der Waals surface area (Å²) in [6.45, 7) is 0. The van der Waals surface area contributed by atoms with E-state index in [0.717, 1.165) is 12.1 Å². The van der Waals surface area contributed by atoms with Crippen LogP contribution in [0.4, 0.5) is 4.39 Å². The van der Waals surface area contributed by atoms with E-state index in [4.69, 9.17) is 21.6 Å². The Morgan fingerprint density at radius 3 is 2.54 bits per heavy atom. The van der Waals surface area contributed by atoms with Crippen molar-refractivity contribution in [1.29, 1.82) is 0 Å². The summed E-state index contributed by atoms with van der Waals surface area (Å²) in [4.78, 5) is 10.3. The lowest BCUT2D eigenvalue weighted by atomic mass is 9.79. The quantitative estimate of drug-likeness (QED) is 0.523. The van der Waals surface area contributed by atoms with Crippen LogP contribution in [0.15, 0.2) is 12.1 Å². The molecule has 0 aliphatic rings. The highest BCUT2D eigenvalue weighted by Gasteiger charge is 2.19. The zero-order valence-electron chi connectivity index (χ0n) is 6.37. The lowest BCUT2D eigenvalue weighted by molar-refractivity contribution is 0.112. The van der Waals surface area contributed by atoms with Crippen LogP contribution in [-0.4, -0.2) is 23.5 Å². The van der Waals surface area contributed by atoms with Gasteiger partial charge in [0.2, 0.25) is 0 Å². The van der Waals surface area contributed by atoms with Gasteiger partial charge >= 0.3 is 7.12 Å². The van der Waals surface area contributed by atoms with Gasteiger partial charge in [0.15, 0.2) is 0 Å². The number of hydrogen-bond acceptors (Lipinski definition) is 3. The molecule has 0 heterocycles. The Morgan fingerprint density at radius 2 is 2.08 bits per heavy atom. The molecule has 0 aliphatic carbocycles. The third kappa shape index (κ3) is 2.06. The maximum atomic E-state index is 13.0. The molecule has 3 nitrogen and oxygen atoms in total. The first-order chi connectivity index (χ1) is 6.06. The van der Waals surface area contributed by atoms with E-state index in [2.05, 4.69) is 0 Å². The maximum Gasteiger partial charge on any atom is 0.491 e. The van der Waals surface area contributed by atoms with Gasteiger partial charge < -0.3 is 10.0 Å². The van der Waals surface area contributed by atoms with Gasteiger partial charge in [-0.1, -0.05) is 11.6 Å². The Hall–Kier alpha value is -0.905. The van der Waals surface area contributed by atoms with E-state index in [1.54, 1.807) is 0 Å². The normalized spacial score (nSPS) is 9.85. The predicted octanol–water partition coefficient (Wildman–Crippen LogP) is -0.0286. The number of hydrogen-bond donors (Lipinski definition) is 2. The van der Waals surface area contributed by atoms with Crippen molar-refractivity contribution in [1.82, 2.24) is 0 Å². The van der Waals surface area contributed by atoms with Crippen molar-refractivity contribution in [3.8, 4) is 0 Å². The van der Waals surface area contributed by atoms with Gasteiger partial charge in [-0.15, -0.1) is 0 Å². The lowest BCUT2D eigenvalue weighted by Gasteiger charge is -2.03. The Balaban J connectivity index is 3.32. The van der Waals surface area contributed by atoms with Crippen LogP contribution < -0.4 is 5.46 Å². The second kappa shape index (κ2) is 3.87. The Labute approximate surface area is 78.9 Å². The zero-order valence-corrected chi connectivity index (χ0v) is 7.12. The Morgan fingerprint density at radius 1 is 1.46 bits per heavy atom. The number of rotatable bonds is 2. The number of carbonyl (C=O) groups is 1. The summed E-state index contributed by atoms with van der Waals surface area (Å²) < 4.78 is 13.0. The average molecular weight is 202 g/mol. The highest BCUT2D eigenvalue weighted by Crippen LogP contribution is 2.13. The minimum atomic E-state index is -1.97. The van der Waals surface area contributed by atoms with Gasteiger partial charge in [-0.2, -0.15) is 0 Å². The number of carbonyl (C=O) groups excluding carboxylic acids is 1. The summed E-state index contributed by atoms with van der Waals surface area (Å²) in [6, 6.07) is 2.13. The first-order valence-electron chi connectivity index (χ1n) is 3.36. The minimum absolute atomic E-state index is 0.0921. The van der Waals surface area contributed by atoms with E-state index >= 15 is 0 Å². The van der Waals surface area contributed by atoms with Crippen molar-refractivity contribution in [2.24, 2.45) is 0 Å². The molecular weight excluding hydrogens is 197 g/mol. The topological polar surface area (TPSA) is 57.5 Å². The Kier molecular flexibility index (Phi) is 3.03. The molecule has 0 bridgehead atoms. The first kappa shape index (κ1) is 10.2. The van der Waals surface area contributed by atoms with Gasteiger partial charge in [-0.05, 0) is 12.1 Å². The van der Waals surface area contributed by atoms with Crippen LogP contribution in [0.3, 0.4) is 0 Å². The second-order valence-corrected chi connectivity index (χ2v) is 2.80. The molecule has 0 atom stereocenters. The van der Waals surface area contributed by atoms with Crippen LogP contribution in [0.5, 0.6) is 0 Å². The highest BCUT2D eigenvalue weighted by molar-refractivity contribution is 6.59. The van der Waals surface area contributed by atoms with Gasteiger partial charge in [0.1, 0.15) is 12.1 Å². The smallest absolute Gasteiger partial charge is 0.423 e. The summed E-state index contributed by atoms with van der Waals surface area (Å²) in [6.07, 6.45) is 0.442.